The van der Waals surface area contributed by atoms with Crippen LogP contribution in [0.25, 0.3) is 22.3 Å². The van der Waals surface area contributed by atoms with Gasteiger partial charge in [0.05, 0.1) is 23.1 Å². The number of carbonyl (C=O) groups is 1. The Morgan fingerprint density at radius 1 is 1.09 bits per heavy atom. The van der Waals surface area contributed by atoms with E-state index in [0.717, 1.165) is 30.0 Å². The van der Waals surface area contributed by atoms with Crippen LogP contribution >= 0.6 is 0 Å². The van der Waals surface area contributed by atoms with Gasteiger partial charge in [-0.15, -0.1) is 0 Å². The summed E-state index contributed by atoms with van der Waals surface area (Å²) in [6.07, 6.45) is 5.75. The van der Waals surface area contributed by atoms with Gasteiger partial charge in [0, 0.05) is 43.1 Å². The average molecular weight is 460 g/mol. The van der Waals surface area contributed by atoms with E-state index >= 15 is 0 Å². The number of nitrogens with zero attached hydrogens (tertiary/aromatic N) is 5. The van der Waals surface area contributed by atoms with Crippen molar-refractivity contribution in [2.45, 2.75) is 25.4 Å². The number of carboxylic acid groups (broad SMARTS) is 1. The van der Waals surface area contributed by atoms with Crippen molar-refractivity contribution >= 4 is 22.6 Å². The van der Waals surface area contributed by atoms with Crippen LogP contribution in [0.5, 0.6) is 0 Å². The van der Waals surface area contributed by atoms with E-state index in [9.17, 15) is 13.2 Å². The standard InChI is InChI=1S/C20H22N6.C2HF3O2/c1-6-21-12-18-15(1)19(11-17(25-18)16-2-7-23-14-24-16)26-9-4-20(5-10-26)3-8-22-13-20;3-2(4,5)1(6)7/h1-2,6-7,11-12,14,22H,3-5,8-10,13H2;(H,6,7). The number of aliphatic carboxylic acids is 1. The van der Waals surface area contributed by atoms with E-state index < -0.39 is 12.1 Å². The number of carboxylic acids is 1. The third kappa shape index (κ3) is 5.19. The van der Waals surface area contributed by atoms with Crippen LogP contribution in [0, 0.1) is 5.41 Å². The maximum Gasteiger partial charge on any atom is 0.490 e. The molecule has 8 nitrogen and oxygen atoms in total. The van der Waals surface area contributed by atoms with Crippen molar-refractivity contribution in [2.24, 2.45) is 5.41 Å². The maximum absolute atomic E-state index is 10.6. The fourth-order valence-corrected chi connectivity index (χ4v) is 4.34. The predicted molar refractivity (Wildman–Crippen MR) is 116 cm³/mol. The molecule has 11 heteroatoms. The van der Waals surface area contributed by atoms with Gasteiger partial charge in [-0.3, -0.25) is 4.98 Å². The van der Waals surface area contributed by atoms with Crippen molar-refractivity contribution in [2.75, 3.05) is 31.1 Å². The molecule has 3 aromatic heterocycles. The summed E-state index contributed by atoms with van der Waals surface area (Å²) in [4.78, 5) is 28.9. The Hall–Kier alpha value is -3.34. The second kappa shape index (κ2) is 9.26. The largest absolute Gasteiger partial charge is 0.490 e. The van der Waals surface area contributed by atoms with Crippen LogP contribution in [0.1, 0.15) is 19.3 Å². The van der Waals surface area contributed by atoms with E-state index in [-0.39, 0.29) is 0 Å². The minimum atomic E-state index is -5.08. The average Bonchev–Trinajstić information content (AvgIpc) is 3.27. The molecule has 0 saturated carbocycles. The van der Waals surface area contributed by atoms with E-state index in [4.69, 9.17) is 14.9 Å². The molecule has 1 spiro atoms. The highest BCUT2D eigenvalue weighted by Crippen LogP contribution is 2.40. The van der Waals surface area contributed by atoms with E-state index in [2.05, 4.69) is 37.3 Å². The molecule has 0 aliphatic carbocycles. The fourth-order valence-electron chi connectivity index (χ4n) is 4.34. The van der Waals surface area contributed by atoms with Gasteiger partial charge in [0.2, 0.25) is 0 Å². The lowest BCUT2D eigenvalue weighted by Crippen LogP contribution is -2.41. The summed E-state index contributed by atoms with van der Waals surface area (Å²) in [5, 5.41) is 11.8. The zero-order valence-electron chi connectivity index (χ0n) is 17.7. The number of fused-ring (bicyclic) bond motifs is 1. The molecule has 5 heterocycles. The number of alkyl halides is 3. The van der Waals surface area contributed by atoms with Gasteiger partial charge in [0.1, 0.15) is 6.33 Å². The first-order chi connectivity index (χ1) is 15.8. The molecule has 0 amide bonds. The highest BCUT2D eigenvalue weighted by molar-refractivity contribution is 5.93. The van der Waals surface area contributed by atoms with Gasteiger partial charge >= 0.3 is 12.1 Å². The third-order valence-electron chi connectivity index (χ3n) is 6.17. The fraction of sp³-hybridized carbons (Fsp3) is 0.409. The van der Waals surface area contributed by atoms with Gasteiger partial charge < -0.3 is 15.3 Å². The molecule has 3 aromatic rings. The summed E-state index contributed by atoms with van der Waals surface area (Å²) in [5.74, 6) is -2.76. The zero-order chi connectivity index (χ0) is 23.5. The molecule has 0 bridgehead atoms. The molecule has 0 radical (unpaired) electrons. The number of aromatic nitrogens is 4. The van der Waals surface area contributed by atoms with Gasteiger partial charge in [-0.05, 0) is 49.4 Å². The summed E-state index contributed by atoms with van der Waals surface area (Å²) in [5.41, 5.74) is 4.40. The number of hydrogen-bond donors (Lipinski definition) is 2. The van der Waals surface area contributed by atoms with Crippen LogP contribution in [0.3, 0.4) is 0 Å². The van der Waals surface area contributed by atoms with Gasteiger partial charge in [-0.2, -0.15) is 13.2 Å². The normalized spacial score (nSPS) is 17.6. The van der Waals surface area contributed by atoms with Gasteiger partial charge in [-0.25, -0.2) is 19.7 Å². The number of pyridine rings is 2. The first-order valence-electron chi connectivity index (χ1n) is 10.5. The van der Waals surface area contributed by atoms with Crippen molar-refractivity contribution in [3.63, 3.8) is 0 Å². The van der Waals surface area contributed by atoms with E-state index in [1.165, 1.54) is 43.4 Å². The lowest BCUT2D eigenvalue weighted by Gasteiger charge is -2.40. The van der Waals surface area contributed by atoms with Crippen molar-refractivity contribution in [3.05, 3.63) is 43.1 Å². The Morgan fingerprint density at radius 3 is 2.42 bits per heavy atom. The first kappa shape index (κ1) is 22.8. The van der Waals surface area contributed by atoms with Crippen LogP contribution in [0.2, 0.25) is 0 Å². The monoisotopic (exact) mass is 460 g/mol. The molecular weight excluding hydrogens is 437 g/mol. The Kier molecular flexibility index (Phi) is 6.41. The van der Waals surface area contributed by atoms with Gasteiger partial charge in [0.15, 0.2) is 0 Å². The lowest BCUT2D eigenvalue weighted by atomic mass is 9.77. The predicted octanol–water partition coefficient (Wildman–Crippen LogP) is 3.30. The topological polar surface area (TPSA) is 104 Å². The molecule has 2 fully saturated rings. The van der Waals surface area contributed by atoms with Crippen LogP contribution in [-0.4, -0.2) is 63.4 Å². The van der Waals surface area contributed by atoms with Crippen molar-refractivity contribution < 1.29 is 23.1 Å². The van der Waals surface area contributed by atoms with Crippen LogP contribution < -0.4 is 10.2 Å². The smallest absolute Gasteiger partial charge is 0.475 e. The van der Waals surface area contributed by atoms with E-state index in [1.54, 1.807) is 12.5 Å². The molecule has 5 rings (SSSR count). The molecule has 0 unspecified atom stereocenters. The molecular formula is C22H23F3N6O2. The zero-order valence-corrected chi connectivity index (χ0v) is 17.7. The summed E-state index contributed by atoms with van der Waals surface area (Å²) in [6.45, 7) is 4.52. The highest BCUT2D eigenvalue weighted by atomic mass is 19.4. The lowest BCUT2D eigenvalue weighted by molar-refractivity contribution is -0.192. The molecule has 2 saturated heterocycles. The highest BCUT2D eigenvalue weighted by Gasteiger charge is 2.38. The number of rotatable bonds is 2. The minimum Gasteiger partial charge on any atom is -0.475 e. The molecule has 2 aliphatic rings. The molecule has 2 N–H and O–H groups in total. The maximum atomic E-state index is 10.6. The summed E-state index contributed by atoms with van der Waals surface area (Å²) in [6, 6.07) is 6.15. The number of anilines is 1. The third-order valence-corrected chi connectivity index (χ3v) is 6.17. The van der Waals surface area contributed by atoms with Crippen LogP contribution in [-0.2, 0) is 4.79 Å². The molecule has 174 valence electrons. The Bertz CT molecular complexity index is 1110. The quantitative estimate of drug-likeness (QED) is 0.601. The Balaban J connectivity index is 0.000000325. The molecule has 0 aromatic carbocycles. The van der Waals surface area contributed by atoms with Crippen molar-refractivity contribution in [1.29, 1.82) is 0 Å². The van der Waals surface area contributed by atoms with Crippen molar-refractivity contribution in [1.82, 2.24) is 25.3 Å². The van der Waals surface area contributed by atoms with Crippen LogP contribution in [0.4, 0.5) is 18.9 Å². The number of nitrogens with one attached hydrogen (secondary N) is 1. The second-order valence-corrected chi connectivity index (χ2v) is 8.23. The Labute approximate surface area is 187 Å². The SMILES string of the molecule is O=C(O)C(F)(F)F.c1cc(-c2cc(N3CCC4(CCNC4)CC3)c3ccncc3n2)ncn1. The second-order valence-electron chi connectivity index (χ2n) is 8.23. The van der Waals surface area contributed by atoms with Crippen LogP contribution in [0.15, 0.2) is 43.1 Å². The number of piperidine rings is 1. The summed E-state index contributed by atoms with van der Waals surface area (Å²) < 4.78 is 31.7. The molecule has 2 aliphatic heterocycles. The molecule has 0 atom stereocenters. The van der Waals surface area contributed by atoms with E-state index in [0.29, 0.717) is 5.41 Å². The summed E-state index contributed by atoms with van der Waals surface area (Å²) >= 11 is 0. The Morgan fingerprint density at radius 2 is 1.82 bits per heavy atom. The van der Waals surface area contributed by atoms with E-state index in [1.807, 2.05) is 18.5 Å². The number of hydrogen-bond acceptors (Lipinski definition) is 7. The number of halogens is 3. The van der Waals surface area contributed by atoms with Gasteiger partial charge in [0.25, 0.3) is 0 Å². The minimum absolute atomic E-state index is 0.510. The summed E-state index contributed by atoms with van der Waals surface area (Å²) in [7, 11) is 0. The van der Waals surface area contributed by atoms with Gasteiger partial charge in [-0.1, -0.05) is 0 Å². The first-order valence-corrected chi connectivity index (χ1v) is 10.5. The molecule has 33 heavy (non-hydrogen) atoms. The van der Waals surface area contributed by atoms with Crippen molar-refractivity contribution in [3.8, 4) is 11.4 Å².